The largest absolute Gasteiger partial charge is 0.336 e. The van der Waals surface area contributed by atoms with Crippen LogP contribution in [-0.2, 0) is 11.2 Å². The molecule has 2 aliphatic rings. The third-order valence-corrected chi connectivity index (χ3v) is 7.03. The van der Waals surface area contributed by atoms with E-state index in [0.29, 0.717) is 18.5 Å². The molecular weight excluding hydrogens is 368 g/mol. The first-order valence-electron chi connectivity index (χ1n) is 10.1. The summed E-state index contributed by atoms with van der Waals surface area (Å²) >= 11 is 1.59. The number of aromatic nitrogens is 3. The Kier molecular flexibility index (Phi) is 4.38. The van der Waals surface area contributed by atoms with E-state index in [0.717, 1.165) is 63.6 Å². The fourth-order valence-electron chi connectivity index (χ4n) is 4.93. The van der Waals surface area contributed by atoms with Crippen molar-refractivity contribution in [2.24, 2.45) is 5.92 Å². The van der Waals surface area contributed by atoms with Crippen molar-refractivity contribution in [1.29, 1.82) is 0 Å². The molecule has 3 atom stereocenters. The second kappa shape index (κ2) is 6.92. The smallest absolute Gasteiger partial charge is 0.229 e. The van der Waals surface area contributed by atoms with E-state index >= 15 is 0 Å². The lowest BCUT2D eigenvalue weighted by Crippen LogP contribution is -2.46. The third-order valence-electron chi connectivity index (χ3n) is 6.14. The van der Waals surface area contributed by atoms with Crippen molar-refractivity contribution < 1.29 is 4.79 Å². The number of benzene rings is 1. The van der Waals surface area contributed by atoms with Gasteiger partial charge in [-0.25, -0.2) is 0 Å². The summed E-state index contributed by atoms with van der Waals surface area (Å²) in [6, 6.07) is 9.17. The number of carbonyl (C=O) groups is 1. The maximum absolute atomic E-state index is 13.0. The van der Waals surface area contributed by atoms with Crippen molar-refractivity contribution in [2.45, 2.75) is 58.0 Å². The molecule has 28 heavy (non-hydrogen) atoms. The van der Waals surface area contributed by atoms with E-state index in [4.69, 9.17) is 0 Å². The lowest BCUT2D eigenvalue weighted by molar-refractivity contribution is -0.135. The normalized spacial score (nSPS) is 24.1. The molecule has 0 N–H and O–H groups in total. The Morgan fingerprint density at radius 3 is 2.64 bits per heavy atom. The predicted octanol–water partition coefficient (Wildman–Crippen LogP) is 4.39. The van der Waals surface area contributed by atoms with Gasteiger partial charge < -0.3 is 4.90 Å². The molecule has 2 aromatic heterocycles. The quantitative estimate of drug-likeness (QED) is 0.663. The average Bonchev–Trinajstić information content (AvgIpc) is 3.22. The Morgan fingerprint density at radius 2 is 1.93 bits per heavy atom. The van der Waals surface area contributed by atoms with Crippen molar-refractivity contribution >= 4 is 28.0 Å². The van der Waals surface area contributed by atoms with Crippen LogP contribution in [0, 0.1) is 12.8 Å². The summed E-state index contributed by atoms with van der Waals surface area (Å²) < 4.78 is 0. The Morgan fingerprint density at radius 1 is 1.14 bits per heavy atom. The Balaban J connectivity index is 1.39. The molecule has 2 saturated heterocycles. The van der Waals surface area contributed by atoms with Gasteiger partial charge in [-0.15, -0.1) is 10.2 Å². The molecule has 2 aliphatic heterocycles. The van der Waals surface area contributed by atoms with E-state index in [-0.39, 0.29) is 5.91 Å². The van der Waals surface area contributed by atoms with Crippen molar-refractivity contribution in [3.8, 4) is 10.6 Å². The predicted molar refractivity (Wildman–Crippen MR) is 111 cm³/mol. The monoisotopic (exact) mass is 392 g/mol. The summed E-state index contributed by atoms with van der Waals surface area (Å²) in [7, 11) is 0. The van der Waals surface area contributed by atoms with Crippen LogP contribution < -0.4 is 0 Å². The summed E-state index contributed by atoms with van der Waals surface area (Å²) in [5.74, 6) is 0.977. The van der Waals surface area contributed by atoms with E-state index < -0.39 is 0 Å². The number of hydrogen-bond donors (Lipinski definition) is 0. The minimum atomic E-state index is 0.238. The van der Waals surface area contributed by atoms with Crippen molar-refractivity contribution in [1.82, 2.24) is 20.1 Å². The highest BCUT2D eigenvalue weighted by molar-refractivity contribution is 7.14. The number of carbonyl (C=O) groups excluding carboxylic acids is 1. The zero-order chi connectivity index (χ0) is 19.3. The van der Waals surface area contributed by atoms with Crippen molar-refractivity contribution in [3.05, 3.63) is 41.2 Å². The molecular formula is C22H24N4OS. The fraction of sp³-hybridized carbons (Fsp3) is 0.455. The summed E-state index contributed by atoms with van der Waals surface area (Å²) in [6.45, 7) is 4.28. The molecule has 2 fully saturated rings. The summed E-state index contributed by atoms with van der Waals surface area (Å²) in [5.41, 5.74) is 1.91. The van der Waals surface area contributed by atoms with Crippen LogP contribution in [0.2, 0.25) is 0 Å². The van der Waals surface area contributed by atoms with Crippen LogP contribution in [0.4, 0.5) is 0 Å². The topological polar surface area (TPSA) is 59.0 Å². The maximum Gasteiger partial charge on any atom is 0.229 e. The molecule has 2 bridgehead atoms. The Hall–Kier alpha value is -2.34. The van der Waals surface area contributed by atoms with Gasteiger partial charge in [-0.3, -0.25) is 9.78 Å². The van der Waals surface area contributed by atoms with Gasteiger partial charge in [0.1, 0.15) is 10.0 Å². The number of hydrogen-bond acceptors (Lipinski definition) is 5. The lowest BCUT2D eigenvalue weighted by atomic mass is 9.92. The van der Waals surface area contributed by atoms with E-state index in [1.165, 1.54) is 0 Å². The highest BCUT2D eigenvalue weighted by Gasteiger charge is 2.41. The molecule has 6 heteroatoms. The van der Waals surface area contributed by atoms with Crippen molar-refractivity contribution in [2.75, 3.05) is 0 Å². The average molecular weight is 393 g/mol. The van der Waals surface area contributed by atoms with Gasteiger partial charge in [0.2, 0.25) is 5.91 Å². The van der Waals surface area contributed by atoms with Crippen molar-refractivity contribution in [3.63, 3.8) is 0 Å². The first-order valence-corrected chi connectivity index (χ1v) is 10.9. The van der Waals surface area contributed by atoms with Crippen LogP contribution in [0.3, 0.4) is 0 Å². The molecule has 1 unspecified atom stereocenters. The summed E-state index contributed by atoms with van der Waals surface area (Å²) in [6.07, 6.45) is 6.89. The second-order valence-corrected chi connectivity index (χ2v) is 9.48. The van der Waals surface area contributed by atoms with Gasteiger partial charge in [-0.05, 0) is 56.0 Å². The first-order chi connectivity index (χ1) is 13.6. The first kappa shape index (κ1) is 17.7. The number of piperidine rings is 1. The zero-order valence-corrected chi connectivity index (χ0v) is 17.1. The number of amides is 1. The maximum atomic E-state index is 13.0. The van der Waals surface area contributed by atoms with Gasteiger partial charge in [0.15, 0.2) is 0 Å². The molecule has 144 valence electrons. The van der Waals surface area contributed by atoms with Crippen LogP contribution in [-0.4, -0.2) is 38.1 Å². The molecule has 0 saturated carbocycles. The van der Waals surface area contributed by atoms with E-state index in [1.54, 1.807) is 11.3 Å². The Bertz CT molecular complexity index is 1030. The van der Waals surface area contributed by atoms with Crippen LogP contribution >= 0.6 is 11.3 Å². The molecule has 5 nitrogen and oxygen atoms in total. The fourth-order valence-corrected chi connectivity index (χ4v) is 5.62. The molecule has 1 amide bonds. The van der Waals surface area contributed by atoms with Gasteiger partial charge in [-0.2, -0.15) is 0 Å². The molecule has 3 aromatic rings. The summed E-state index contributed by atoms with van der Waals surface area (Å²) in [5, 5.41) is 12.4. The van der Waals surface area contributed by atoms with Crippen LogP contribution in [0.15, 0.2) is 30.5 Å². The number of pyridine rings is 1. The standard InChI is InChI=1S/C22H24N4OS/c1-13-7-19-5-6-20(8-13)26(19)21(27)11-18-10-17-9-15(3-4-16(17)12-23-18)22-25-24-14(2)28-22/h3-4,9-10,12-13,19-20H,5-8,11H2,1-2H3/t13?,19-,20+. The molecule has 0 radical (unpaired) electrons. The van der Waals surface area contributed by atoms with Gasteiger partial charge >= 0.3 is 0 Å². The molecule has 0 spiro atoms. The SMILES string of the molecule is Cc1nnc(-c2ccc3cnc(CC(=O)N4[C@@H]5CC[C@H]4CC(C)C5)cc3c2)s1. The number of nitrogens with zero attached hydrogens (tertiary/aromatic N) is 4. The van der Waals surface area contributed by atoms with Gasteiger partial charge in [0, 0.05) is 29.2 Å². The van der Waals surface area contributed by atoms with E-state index in [1.807, 2.05) is 13.1 Å². The minimum absolute atomic E-state index is 0.238. The van der Waals surface area contributed by atoms with Gasteiger partial charge in [-0.1, -0.05) is 30.4 Å². The number of aryl methyl sites for hydroxylation is 1. The number of fused-ring (bicyclic) bond motifs is 3. The van der Waals surface area contributed by atoms with Crippen LogP contribution in [0.1, 0.15) is 43.3 Å². The van der Waals surface area contributed by atoms with Crippen LogP contribution in [0.5, 0.6) is 0 Å². The Labute approximate surface area is 168 Å². The van der Waals surface area contributed by atoms with Gasteiger partial charge in [0.05, 0.1) is 12.1 Å². The lowest BCUT2D eigenvalue weighted by Gasteiger charge is -2.38. The third kappa shape index (κ3) is 3.20. The molecule has 4 heterocycles. The highest BCUT2D eigenvalue weighted by atomic mass is 32.1. The highest BCUT2D eigenvalue weighted by Crippen LogP contribution is 2.38. The van der Waals surface area contributed by atoms with E-state index in [2.05, 4.69) is 51.3 Å². The molecule has 5 rings (SSSR count). The second-order valence-electron chi connectivity index (χ2n) is 8.30. The molecule has 0 aliphatic carbocycles. The summed E-state index contributed by atoms with van der Waals surface area (Å²) in [4.78, 5) is 19.8. The van der Waals surface area contributed by atoms with Gasteiger partial charge in [0.25, 0.3) is 0 Å². The van der Waals surface area contributed by atoms with E-state index in [9.17, 15) is 4.79 Å². The number of rotatable bonds is 3. The zero-order valence-electron chi connectivity index (χ0n) is 16.3. The minimum Gasteiger partial charge on any atom is -0.336 e. The molecule has 1 aromatic carbocycles. The van der Waals surface area contributed by atoms with Crippen LogP contribution in [0.25, 0.3) is 21.3 Å².